The number of rotatable bonds is 4. The first kappa shape index (κ1) is 21.4. The molecule has 31 heavy (non-hydrogen) atoms. The van der Waals surface area contributed by atoms with Crippen molar-refractivity contribution in [2.24, 2.45) is 7.05 Å². The summed E-state index contributed by atoms with van der Waals surface area (Å²) in [5.74, 6) is -0.238. The third-order valence-electron chi connectivity index (χ3n) is 5.52. The number of H-pyrrole nitrogens is 1. The standard InChI is InChI=1S/C23H26N4O3S/c1-14-11-27(12-15(2)30-14)13-17-6-4-5-7-19(17)24-21(28)16-8-9-18-20(10-16)25-23(31)26(3)22(18)29/h4-10,14-15H,11-13H2,1-3H3,(H,24,28)(H,25,31). The van der Waals surface area contributed by atoms with Crippen LogP contribution in [0.15, 0.2) is 47.3 Å². The van der Waals surface area contributed by atoms with Gasteiger partial charge in [0, 0.05) is 37.9 Å². The van der Waals surface area contributed by atoms with Crippen LogP contribution >= 0.6 is 12.2 Å². The number of hydrogen-bond acceptors (Lipinski definition) is 5. The number of carbonyl (C=O) groups excluding carboxylic acids is 1. The molecule has 0 radical (unpaired) electrons. The molecular formula is C23H26N4O3S. The van der Waals surface area contributed by atoms with Crippen molar-refractivity contribution < 1.29 is 9.53 Å². The van der Waals surface area contributed by atoms with E-state index >= 15 is 0 Å². The lowest BCUT2D eigenvalue weighted by Gasteiger charge is -2.35. The first-order chi connectivity index (χ1) is 14.8. The Hall–Kier alpha value is -2.81. The molecule has 4 rings (SSSR count). The molecule has 7 nitrogen and oxygen atoms in total. The molecule has 2 N–H and O–H groups in total. The third kappa shape index (κ3) is 4.61. The average Bonchev–Trinajstić information content (AvgIpc) is 2.72. The SMILES string of the molecule is CC1CN(Cc2ccccc2NC(=O)c2ccc3c(=O)n(C)c(=S)[nH]c3c2)CC(C)O1. The summed E-state index contributed by atoms with van der Waals surface area (Å²) >= 11 is 5.19. The molecule has 1 saturated heterocycles. The van der Waals surface area contributed by atoms with Crippen LogP contribution in [0, 0.1) is 4.77 Å². The van der Waals surface area contributed by atoms with Crippen molar-refractivity contribution in [1.29, 1.82) is 0 Å². The Labute approximate surface area is 185 Å². The van der Waals surface area contributed by atoms with E-state index in [1.54, 1.807) is 25.2 Å². The molecule has 1 amide bonds. The van der Waals surface area contributed by atoms with Crippen LogP contribution in [0.2, 0.25) is 0 Å². The van der Waals surface area contributed by atoms with Gasteiger partial charge in [-0.15, -0.1) is 0 Å². The van der Waals surface area contributed by atoms with Crippen molar-refractivity contribution in [3.63, 3.8) is 0 Å². The van der Waals surface area contributed by atoms with Gasteiger partial charge in [0.1, 0.15) is 0 Å². The maximum atomic E-state index is 13.0. The van der Waals surface area contributed by atoms with E-state index in [1.807, 2.05) is 24.3 Å². The molecule has 0 bridgehead atoms. The second-order valence-electron chi connectivity index (χ2n) is 8.12. The zero-order chi connectivity index (χ0) is 22.1. The van der Waals surface area contributed by atoms with Crippen molar-refractivity contribution in [3.05, 3.63) is 68.7 Å². The van der Waals surface area contributed by atoms with Crippen molar-refractivity contribution in [2.45, 2.75) is 32.6 Å². The Morgan fingerprint density at radius 1 is 1.19 bits per heavy atom. The van der Waals surface area contributed by atoms with Gasteiger partial charge in [0.2, 0.25) is 0 Å². The molecule has 162 valence electrons. The van der Waals surface area contributed by atoms with E-state index in [9.17, 15) is 9.59 Å². The molecular weight excluding hydrogens is 412 g/mol. The number of nitrogens with zero attached hydrogens (tertiary/aromatic N) is 2. The Morgan fingerprint density at radius 2 is 1.90 bits per heavy atom. The summed E-state index contributed by atoms with van der Waals surface area (Å²) in [6.07, 6.45) is 0.364. The summed E-state index contributed by atoms with van der Waals surface area (Å²) < 4.78 is 7.51. The van der Waals surface area contributed by atoms with Crippen LogP contribution in [0.5, 0.6) is 0 Å². The van der Waals surface area contributed by atoms with E-state index in [0.717, 1.165) is 30.9 Å². The summed E-state index contributed by atoms with van der Waals surface area (Å²) in [4.78, 5) is 30.7. The van der Waals surface area contributed by atoms with Gasteiger partial charge in [-0.05, 0) is 55.9 Å². The minimum absolute atomic E-state index is 0.182. The van der Waals surface area contributed by atoms with Crippen molar-refractivity contribution in [3.8, 4) is 0 Å². The number of aromatic amines is 1. The maximum absolute atomic E-state index is 13.0. The summed E-state index contributed by atoms with van der Waals surface area (Å²) in [7, 11) is 1.62. The predicted molar refractivity (Wildman–Crippen MR) is 124 cm³/mol. The minimum Gasteiger partial charge on any atom is -0.373 e. The van der Waals surface area contributed by atoms with Gasteiger partial charge in [0.05, 0.1) is 23.1 Å². The van der Waals surface area contributed by atoms with E-state index in [-0.39, 0.29) is 23.7 Å². The lowest BCUT2D eigenvalue weighted by atomic mass is 10.1. The number of anilines is 1. The Morgan fingerprint density at radius 3 is 2.65 bits per heavy atom. The largest absolute Gasteiger partial charge is 0.373 e. The number of amides is 1. The van der Waals surface area contributed by atoms with E-state index in [4.69, 9.17) is 17.0 Å². The van der Waals surface area contributed by atoms with Crippen LogP contribution in [-0.4, -0.2) is 45.7 Å². The molecule has 2 unspecified atom stereocenters. The molecule has 3 aromatic rings. The van der Waals surface area contributed by atoms with Gasteiger partial charge in [0.25, 0.3) is 11.5 Å². The van der Waals surface area contributed by atoms with Gasteiger partial charge in [-0.1, -0.05) is 18.2 Å². The fourth-order valence-electron chi connectivity index (χ4n) is 4.08. The maximum Gasteiger partial charge on any atom is 0.261 e. The number of hydrogen-bond donors (Lipinski definition) is 2. The Balaban J connectivity index is 1.57. The smallest absolute Gasteiger partial charge is 0.261 e. The monoisotopic (exact) mass is 438 g/mol. The highest BCUT2D eigenvalue weighted by molar-refractivity contribution is 7.71. The molecule has 1 aliphatic heterocycles. The van der Waals surface area contributed by atoms with Crippen molar-refractivity contribution >= 4 is 34.7 Å². The van der Waals surface area contributed by atoms with Gasteiger partial charge in [-0.25, -0.2) is 0 Å². The zero-order valence-electron chi connectivity index (χ0n) is 17.8. The molecule has 8 heteroatoms. The number of ether oxygens (including phenoxy) is 1. The third-order valence-corrected chi connectivity index (χ3v) is 5.89. The van der Waals surface area contributed by atoms with Crippen LogP contribution in [0.1, 0.15) is 29.8 Å². The van der Waals surface area contributed by atoms with Crippen LogP contribution in [-0.2, 0) is 18.3 Å². The molecule has 1 aliphatic rings. The summed E-state index contributed by atoms with van der Waals surface area (Å²) in [5.41, 5.74) is 2.63. The normalized spacial score (nSPS) is 19.5. The number of benzene rings is 2. The lowest BCUT2D eigenvalue weighted by molar-refractivity contribution is -0.0704. The molecule has 2 atom stereocenters. The zero-order valence-corrected chi connectivity index (χ0v) is 18.7. The van der Waals surface area contributed by atoms with Gasteiger partial charge >= 0.3 is 0 Å². The predicted octanol–water partition coefficient (Wildman–Crippen LogP) is 3.46. The highest BCUT2D eigenvalue weighted by Gasteiger charge is 2.23. The van der Waals surface area contributed by atoms with Crippen LogP contribution in [0.25, 0.3) is 10.9 Å². The van der Waals surface area contributed by atoms with Crippen LogP contribution in [0.4, 0.5) is 5.69 Å². The highest BCUT2D eigenvalue weighted by atomic mass is 32.1. The number of aromatic nitrogens is 2. The Kier molecular flexibility index (Phi) is 6.04. The topological polar surface area (TPSA) is 79.4 Å². The highest BCUT2D eigenvalue weighted by Crippen LogP contribution is 2.21. The first-order valence-corrected chi connectivity index (χ1v) is 10.7. The molecule has 0 aliphatic carbocycles. The molecule has 2 aromatic carbocycles. The second-order valence-corrected chi connectivity index (χ2v) is 8.50. The first-order valence-electron chi connectivity index (χ1n) is 10.3. The number of carbonyl (C=O) groups is 1. The molecule has 1 aromatic heterocycles. The van der Waals surface area contributed by atoms with Gasteiger partial charge in [-0.2, -0.15) is 0 Å². The second kappa shape index (κ2) is 8.74. The van der Waals surface area contributed by atoms with Crippen molar-refractivity contribution in [2.75, 3.05) is 18.4 Å². The van der Waals surface area contributed by atoms with E-state index in [1.165, 1.54) is 4.57 Å². The van der Waals surface area contributed by atoms with Gasteiger partial charge in [-0.3, -0.25) is 19.1 Å². The van der Waals surface area contributed by atoms with E-state index in [0.29, 0.717) is 21.2 Å². The number of nitrogens with one attached hydrogen (secondary N) is 2. The molecule has 2 heterocycles. The van der Waals surface area contributed by atoms with Gasteiger partial charge in [0.15, 0.2) is 4.77 Å². The van der Waals surface area contributed by atoms with E-state index in [2.05, 4.69) is 29.0 Å². The fraction of sp³-hybridized carbons (Fsp3) is 0.348. The van der Waals surface area contributed by atoms with Crippen LogP contribution < -0.4 is 10.9 Å². The number of fused-ring (bicyclic) bond motifs is 1. The fourth-order valence-corrected chi connectivity index (χ4v) is 4.27. The summed E-state index contributed by atoms with van der Waals surface area (Å²) in [6.45, 7) is 6.59. The van der Waals surface area contributed by atoms with Crippen LogP contribution in [0.3, 0.4) is 0 Å². The van der Waals surface area contributed by atoms with E-state index < -0.39 is 0 Å². The minimum atomic E-state index is -0.238. The van der Waals surface area contributed by atoms with Crippen molar-refractivity contribution in [1.82, 2.24) is 14.5 Å². The number of para-hydroxylation sites is 1. The lowest BCUT2D eigenvalue weighted by Crippen LogP contribution is -2.44. The molecule has 0 spiro atoms. The molecule has 1 fully saturated rings. The molecule has 0 saturated carbocycles. The summed E-state index contributed by atoms with van der Waals surface area (Å²) in [6, 6.07) is 12.8. The average molecular weight is 439 g/mol. The summed E-state index contributed by atoms with van der Waals surface area (Å²) in [5, 5.41) is 3.51. The van der Waals surface area contributed by atoms with Gasteiger partial charge < -0.3 is 15.0 Å². The Bertz CT molecular complexity index is 1240. The number of morpholine rings is 1. The quantitative estimate of drug-likeness (QED) is 0.610.